The molecule has 1 saturated carbocycles. The third-order valence-corrected chi connectivity index (χ3v) is 3.99. The number of aliphatic carboxylic acids is 1. The zero-order valence-electron chi connectivity index (χ0n) is 10.7. The summed E-state index contributed by atoms with van der Waals surface area (Å²) >= 11 is 0. The van der Waals surface area contributed by atoms with E-state index >= 15 is 0 Å². The number of carbonyl (C=O) groups is 2. The highest BCUT2D eigenvalue weighted by atomic mass is 16.4. The summed E-state index contributed by atoms with van der Waals surface area (Å²) in [5.74, 6) is -1.42. The molecular weight excluding hydrogens is 232 g/mol. The van der Waals surface area contributed by atoms with Crippen molar-refractivity contribution in [3.8, 4) is 0 Å². The van der Waals surface area contributed by atoms with Crippen LogP contribution in [0.5, 0.6) is 0 Å². The molecule has 0 spiro atoms. The van der Waals surface area contributed by atoms with Gasteiger partial charge in [0.2, 0.25) is 5.91 Å². The Morgan fingerprint density at radius 3 is 2.56 bits per heavy atom. The Morgan fingerprint density at radius 1 is 1.17 bits per heavy atom. The van der Waals surface area contributed by atoms with Gasteiger partial charge in [-0.3, -0.25) is 14.5 Å². The minimum atomic E-state index is -1.06. The Kier molecular flexibility index (Phi) is 4.58. The SMILES string of the molecule is O=C(O)CC(=O)NC1CCN(C2CCCCC2)C1. The molecule has 2 fully saturated rings. The van der Waals surface area contributed by atoms with Crippen LogP contribution in [0.2, 0.25) is 0 Å². The molecule has 0 aromatic rings. The van der Waals surface area contributed by atoms with Gasteiger partial charge in [-0.25, -0.2) is 0 Å². The summed E-state index contributed by atoms with van der Waals surface area (Å²) in [4.78, 5) is 24.3. The Bertz CT molecular complexity index is 313. The lowest BCUT2D eigenvalue weighted by Crippen LogP contribution is -2.40. The van der Waals surface area contributed by atoms with Crippen molar-refractivity contribution in [2.24, 2.45) is 0 Å². The first-order valence-corrected chi connectivity index (χ1v) is 6.90. The average Bonchev–Trinajstić information content (AvgIpc) is 2.77. The molecule has 1 saturated heterocycles. The molecule has 0 aromatic carbocycles. The molecule has 1 atom stereocenters. The van der Waals surface area contributed by atoms with Gasteiger partial charge < -0.3 is 10.4 Å². The van der Waals surface area contributed by atoms with Crippen molar-refractivity contribution in [3.05, 3.63) is 0 Å². The Balaban J connectivity index is 1.74. The zero-order chi connectivity index (χ0) is 13.0. The number of nitrogens with zero attached hydrogens (tertiary/aromatic N) is 1. The lowest BCUT2D eigenvalue weighted by Gasteiger charge is -2.31. The summed E-state index contributed by atoms with van der Waals surface area (Å²) in [6, 6.07) is 0.818. The normalized spacial score (nSPS) is 26.1. The van der Waals surface area contributed by atoms with E-state index in [0.29, 0.717) is 6.04 Å². The van der Waals surface area contributed by atoms with Crippen LogP contribution in [0.3, 0.4) is 0 Å². The van der Waals surface area contributed by atoms with E-state index in [9.17, 15) is 9.59 Å². The van der Waals surface area contributed by atoms with E-state index in [4.69, 9.17) is 5.11 Å². The lowest BCUT2D eigenvalue weighted by atomic mass is 9.94. The molecule has 1 aliphatic carbocycles. The number of rotatable bonds is 4. The van der Waals surface area contributed by atoms with Crippen molar-refractivity contribution >= 4 is 11.9 Å². The molecule has 2 N–H and O–H groups in total. The fraction of sp³-hybridized carbons (Fsp3) is 0.846. The van der Waals surface area contributed by atoms with Gasteiger partial charge in [0, 0.05) is 25.2 Å². The van der Waals surface area contributed by atoms with Crippen LogP contribution < -0.4 is 5.32 Å². The molecule has 1 aliphatic heterocycles. The molecule has 5 nitrogen and oxygen atoms in total. The summed E-state index contributed by atoms with van der Waals surface area (Å²) in [6.07, 6.45) is 7.06. The number of carboxylic acid groups (broad SMARTS) is 1. The molecule has 18 heavy (non-hydrogen) atoms. The Labute approximate surface area is 108 Å². The smallest absolute Gasteiger partial charge is 0.312 e. The highest BCUT2D eigenvalue weighted by Gasteiger charge is 2.29. The van der Waals surface area contributed by atoms with Gasteiger partial charge in [-0.1, -0.05) is 19.3 Å². The van der Waals surface area contributed by atoms with Crippen LogP contribution in [0.1, 0.15) is 44.9 Å². The molecular formula is C13H22N2O3. The second-order valence-corrected chi connectivity index (χ2v) is 5.41. The van der Waals surface area contributed by atoms with Crippen LogP contribution in [0.25, 0.3) is 0 Å². The number of amides is 1. The predicted octanol–water partition coefficient (Wildman–Crippen LogP) is 0.984. The van der Waals surface area contributed by atoms with Crippen molar-refractivity contribution in [3.63, 3.8) is 0 Å². The van der Waals surface area contributed by atoms with Crippen molar-refractivity contribution in [2.45, 2.75) is 57.0 Å². The fourth-order valence-corrected chi connectivity index (χ4v) is 3.10. The highest BCUT2D eigenvalue weighted by Crippen LogP contribution is 2.25. The first kappa shape index (κ1) is 13.3. The zero-order valence-corrected chi connectivity index (χ0v) is 10.7. The maximum atomic E-state index is 11.4. The molecule has 0 aromatic heterocycles. The molecule has 5 heteroatoms. The number of carbonyl (C=O) groups excluding carboxylic acids is 1. The molecule has 0 radical (unpaired) electrons. The van der Waals surface area contributed by atoms with Gasteiger partial charge in [-0.2, -0.15) is 0 Å². The van der Waals surface area contributed by atoms with Crippen LogP contribution >= 0.6 is 0 Å². The number of hydrogen-bond donors (Lipinski definition) is 2. The van der Waals surface area contributed by atoms with Gasteiger partial charge in [0.1, 0.15) is 6.42 Å². The molecule has 1 unspecified atom stereocenters. The van der Waals surface area contributed by atoms with Crippen LogP contribution in [0.15, 0.2) is 0 Å². The quantitative estimate of drug-likeness (QED) is 0.734. The molecule has 1 amide bonds. The summed E-state index contributed by atoms with van der Waals surface area (Å²) < 4.78 is 0. The van der Waals surface area contributed by atoms with Crippen LogP contribution in [-0.4, -0.2) is 47.1 Å². The van der Waals surface area contributed by atoms with E-state index in [1.165, 1.54) is 32.1 Å². The van der Waals surface area contributed by atoms with Gasteiger partial charge in [0.15, 0.2) is 0 Å². The van der Waals surface area contributed by atoms with Gasteiger partial charge in [-0.05, 0) is 19.3 Å². The van der Waals surface area contributed by atoms with Crippen LogP contribution in [0.4, 0.5) is 0 Å². The number of hydrogen-bond acceptors (Lipinski definition) is 3. The first-order chi connectivity index (χ1) is 8.65. The maximum absolute atomic E-state index is 11.4. The van der Waals surface area contributed by atoms with Crippen molar-refractivity contribution < 1.29 is 14.7 Å². The summed E-state index contributed by atoms with van der Waals surface area (Å²) in [5, 5.41) is 11.4. The second kappa shape index (κ2) is 6.18. The Hall–Kier alpha value is -1.10. The van der Waals surface area contributed by atoms with Crippen LogP contribution in [0, 0.1) is 0 Å². The van der Waals surface area contributed by atoms with E-state index in [-0.39, 0.29) is 11.9 Å². The van der Waals surface area contributed by atoms with E-state index < -0.39 is 12.4 Å². The number of nitrogens with one attached hydrogen (secondary N) is 1. The van der Waals surface area contributed by atoms with Crippen molar-refractivity contribution in [2.75, 3.05) is 13.1 Å². The standard InChI is InChI=1S/C13H22N2O3/c16-12(8-13(17)18)14-10-6-7-15(9-10)11-4-2-1-3-5-11/h10-11H,1-9H2,(H,14,16)(H,17,18). The van der Waals surface area contributed by atoms with Gasteiger partial charge >= 0.3 is 5.97 Å². The van der Waals surface area contributed by atoms with E-state index in [0.717, 1.165) is 19.5 Å². The predicted molar refractivity (Wildman–Crippen MR) is 67.2 cm³/mol. The lowest BCUT2D eigenvalue weighted by molar-refractivity contribution is -0.140. The van der Waals surface area contributed by atoms with Crippen LogP contribution in [-0.2, 0) is 9.59 Å². The summed E-state index contributed by atoms with van der Waals surface area (Å²) in [6.45, 7) is 1.92. The second-order valence-electron chi connectivity index (χ2n) is 5.41. The highest BCUT2D eigenvalue weighted by molar-refractivity contribution is 5.93. The molecule has 2 aliphatic rings. The third-order valence-electron chi connectivity index (χ3n) is 3.99. The van der Waals surface area contributed by atoms with Gasteiger partial charge in [-0.15, -0.1) is 0 Å². The maximum Gasteiger partial charge on any atom is 0.312 e. The molecule has 0 bridgehead atoms. The largest absolute Gasteiger partial charge is 0.481 e. The monoisotopic (exact) mass is 254 g/mol. The van der Waals surface area contributed by atoms with E-state index in [1.807, 2.05) is 0 Å². The first-order valence-electron chi connectivity index (χ1n) is 6.90. The van der Waals surface area contributed by atoms with Gasteiger partial charge in [0.05, 0.1) is 0 Å². The molecule has 1 heterocycles. The average molecular weight is 254 g/mol. The van der Waals surface area contributed by atoms with E-state index in [1.54, 1.807) is 0 Å². The number of carboxylic acids is 1. The van der Waals surface area contributed by atoms with Crippen molar-refractivity contribution in [1.29, 1.82) is 0 Å². The topological polar surface area (TPSA) is 69.6 Å². The number of likely N-dealkylation sites (tertiary alicyclic amines) is 1. The van der Waals surface area contributed by atoms with Crippen molar-refractivity contribution in [1.82, 2.24) is 10.2 Å². The Morgan fingerprint density at radius 2 is 1.89 bits per heavy atom. The minimum absolute atomic E-state index is 0.138. The van der Waals surface area contributed by atoms with Gasteiger partial charge in [0.25, 0.3) is 0 Å². The summed E-state index contributed by atoms with van der Waals surface area (Å²) in [5.41, 5.74) is 0. The van der Waals surface area contributed by atoms with E-state index in [2.05, 4.69) is 10.2 Å². The fourth-order valence-electron chi connectivity index (χ4n) is 3.10. The molecule has 2 rings (SSSR count). The molecule has 102 valence electrons. The minimum Gasteiger partial charge on any atom is -0.481 e. The summed E-state index contributed by atoms with van der Waals surface area (Å²) in [7, 11) is 0. The third kappa shape index (κ3) is 3.70.